The maximum Gasteiger partial charge on any atom is 0.189 e. The van der Waals surface area contributed by atoms with Gasteiger partial charge in [0.2, 0.25) is 0 Å². The lowest BCUT2D eigenvalue weighted by atomic mass is 10.1. The third-order valence-electron chi connectivity index (χ3n) is 2.99. The molecule has 1 aromatic carbocycles. The van der Waals surface area contributed by atoms with Gasteiger partial charge in [-0.3, -0.25) is 0 Å². The van der Waals surface area contributed by atoms with Crippen LogP contribution in [0, 0.1) is 0 Å². The smallest absolute Gasteiger partial charge is 0.189 e. The first-order valence-corrected chi connectivity index (χ1v) is 7.04. The van der Waals surface area contributed by atoms with Crippen LogP contribution in [-0.2, 0) is 17.6 Å². The predicted octanol–water partition coefficient (Wildman–Crippen LogP) is 3.33. The summed E-state index contributed by atoms with van der Waals surface area (Å²) in [5.41, 5.74) is 1.33. The topological polar surface area (TPSA) is 21.6 Å². The van der Waals surface area contributed by atoms with Crippen molar-refractivity contribution in [3.05, 3.63) is 58.3 Å². The van der Waals surface area contributed by atoms with E-state index in [1.165, 1.54) is 10.4 Å². The molecule has 0 saturated heterocycles. The number of ether oxygens (including phenoxy) is 1. The monoisotopic (exact) mass is 257 g/mol. The van der Waals surface area contributed by atoms with Crippen LogP contribution in [0.3, 0.4) is 0 Å². The minimum atomic E-state index is 0.280. The maximum absolute atomic E-state index is 5.67. The van der Waals surface area contributed by atoms with Gasteiger partial charge >= 0.3 is 0 Å². The van der Waals surface area contributed by atoms with Gasteiger partial charge in [0, 0.05) is 4.88 Å². The molecule has 0 N–H and O–H groups in total. The van der Waals surface area contributed by atoms with Crippen LogP contribution in [0.15, 0.2) is 52.8 Å². The SMILES string of the molecule is c1ccc(C[C@H]2COC(Cc3cccs3)=N2)cc1. The number of thiophene rings is 1. The van der Waals surface area contributed by atoms with E-state index in [0.717, 1.165) is 25.3 Å². The highest BCUT2D eigenvalue weighted by Crippen LogP contribution is 2.16. The molecule has 3 rings (SSSR count). The van der Waals surface area contributed by atoms with E-state index in [4.69, 9.17) is 4.74 Å². The third-order valence-corrected chi connectivity index (χ3v) is 3.86. The van der Waals surface area contributed by atoms with E-state index in [-0.39, 0.29) is 6.04 Å². The van der Waals surface area contributed by atoms with Gasteiger partial charge in [-0.25, -0.2) is 4.99 Å². The first-order chi connectivity index (χ1) is 8.90. The summed E-state index contributed by atoms with van der Waals surface area (Å²) in [6.07, 6.45) is 1.80. The van der Waals surface area contributed by atoms with Crippen molar-refractivity contribution in [2.45, 2.75) is 18.9 Å². The molecule has 2 nitrogen and oxygen atoms in total. The minimum Gasteiger partial charge on any atom is -0.478 e. The fourth-order valence-electron chi connectivity index (χ4n) is 2.12. The Morgan fingerprint density at radius 1 is 1.17 bits per heavy atom. The molecule has 1 aliphatic rings. The molecule has 18 heavy (non-hydrogen) atoms. The lowest BCUT2D eigenvalue weighted by Gasteiger charge is -2.04. The predicted molar refractivity (Wildman–Crippen MR) is 75.3 cm³/mol. The van der Waals surface area contributed by atoms with E-state index in [1.807, 2.05) is 6.07 Å². The van der Waals surface area contributed by atoms with Crippen LogP contribution in [0.1, 0.15) is 10.4 Å². The Morgan fingerprint density at radius 2 is 2.06 bits per heavy atom. The van der Waals surface area contributed by atoms with Gasteiger partial charge < -0.3 is 4.74 Å². The molecule has 2 aromatic rings. The Hall–Kier alpha value is -1.61. The quantitative estimate of drug-likeness (QED) is 0.823. The normalized spacial score (nSPS) is 18.4. The van der Waals surface area contributed by atoms with Crippen molar-refractivity contribution in [2.24, 2.45) is 4.99 Å². The molecular formula is C15H15NOS. The Kier molecular flexibility index (Phi) is 3.42. The molecule has 0 spiro atoms. The number of rotatable bonds is 4. The van der Waals surface area contributed by atoms with Crippen molar-refractivity contribution in [2.75, 3.05) is 6.61 Å². The van der Waals surface area contributed by atoms with Gasteiger partial charge in [0.25, 0.3) is 0 Å². The number of aliphatic imine (C=N–C) groups is 1. The van der Waals surface area contributed by atoms with Gasteiger partial charge in [-0.05, 0) is 23.4 Å². The summed E-state index contributed by atoms with van der Waals surface area (Å²) in [7, 11) is 0. The number of benzene rings is 1. The Labute approximate surface area is 111 Å². The highest BCUT2D eigenvalue weighted by Gasteiger charge is 2.19. The summed E-state index contributed by atoms with van der Waals surface area (Å²) < 4.78 is 5.67. The molecule has 1 aliphatic heterocycles. The van der Waals surface area contributed by atoms with Gasteiger partial charge in [-0.15, -0.1) is 11.3 Å². The summed E-state index contributed by atoms with van der Waals surface area (Å²) in [5, 5.41) is 2.09. The zero-order valence-electron chi connectivity index (χ0n) is 10.1. The molecule has 92 valence electrons. The first-order valence-electron chi connectivity index (χ1n) is 6.16. The van der Waals surface area contributed by atoms with Crippen molar-refractivity contribution in [3.63, 3.8) is 0 Å². The molecule has 0 saturated carbocycles. The summed E-state index contributed by atoms with van der Waals surface area (Å²) in [5.74, 6) is 0.887. The largest absolute Gasteiger partial charge is 0.478 e. The van der Waals surface area contributed by atoms with Crippen molar-refractivity contribution in [1.82, 2.24) is 0 Å². The first kappa shape index (κ1) is 11.5. The summed E-state index contributed by atoms with van der Waals surface area (Å²) in [6, 6.07) is 14.9. The van der Waals surface area contributed by atoms with Gasteiger partial charge in [0.1, 0.15) is 6.61 Å². The van der Waals surface area contributed by atoms with Crippen LogP contribution >= 0.6 is 11.3 Å². The van der Waals surface area contributed by atoms with Crippen LogP contribution in [0.25, 0.3) is 0 Å². The summed E-state index contributed by atoms with van der Waals surface area (Å²) >= 11 is 1.75. The maximum atomic E-state index is 5.67. The fourth-order valence-corrected chi connectivity index (χ4v) is 2.82. The number of nitrogens with zero attached hydrogens (tertiary/aromatic N) is 1. The van der Waals surface area contributed by atoms with Crippen LogP contribution in [0.4, 0.5) is 0 Å². The minimum absolute atomic E-state index is 0.280. The zero-order valence-corrected chi connectivity index (χ0v) is 10.9. The molecule has 3 heteroatoms. The Balaban J connectivity index is 1.61. The highest BCUT2D eigenvalue weighted by atomic mass is 32.1. The molecule has 0 radical (unpaired) electrons. The second-order valence-electron chi connectivity index (χ2n) is 4.43. The van der Waals surface area contributed by atoms with E-state index in [0.29, 0.717) is 0 Å². The Morgan fingerprint density at radius 3 is 2.83 bits per heavy atom. The van der Waals surface area contributed by atoms with E-state index in [9.17, 15) is 0 Å². The zero-order chi connectivity index (χ0) is 12.2. The van der Waals surface area contributed by atoms with Crippen molar-refractivity contribution >= 4 is 17.2 Å². The van der Waals surface area contributed by atoms with Gasteiger partial charge in [0.15, 0.2) is 5.90 Å². The van der Waals surface area contributed by atoms with Crippen molar-refractivity contribution in [1.29, 1.82) is 0 Å². The lowest BCUT2D eigenvalue weighted by molar-refractivity contribution is 0.311. The van der Waals surface area contributed by atoms with Crippen LogP contribution in [0.2, 0.25) is 0 Å². The molecule has 0 unspecified atom stereocenters. The molecule has 0 amide bonds. The molecule has 1 atom stereocenters. The molecular weight excluding hydrogens is 242 g/mol. The molecule has 0 aliphatic carbocycles. The van der Waals surface area contributed by atoms with Crippen LogP contribution in [0.5, 0.6) is 0 Å². The Bertz CT molecular complexity index is 519. The lowest BCUT2D eigenvalue weighted by Crippen LogP contribution is -2.09. The van der Waals surface area contributed by atoms with Crippen LogP contribution < -0.4 is 0 Å². The van der Waals surface area contributed by atoms with Crippen molar-refractivity contribution < 1.29 is 4.74 Å². The number of hydrogen-bond donors (Lipinski definition) is 0. The van der Waals surface area contributed by atoms with Gasteiger partial charge in [-0.2, -0.15) is 0 Å². The fraction of sp³-hybridized carbons (Fsp3) is 0.267. The van der Waals surface area contributed by atoms with E-state index >= 15 is 0 Å². The number of hydrogen-bond acceptors (Lipinski definition) is 3. The van der Waals surface area contributed by atoms with Gasteiger partial charge in [0.05, 0.1) is 12.5 Å². The third kappa shape index (κ3) is 2.79. The van der Waals surface area contributed by atoms with E-state index in [1.54, 1.807) is 11.3 Å². The standard InChI is InChI=1S/C15H15NOS/c1-2-5-12(6-3-1)9-13-11-17-15(16-13)10-14-7-4-8-18-14/h1-8,13H,9-11H2/t13-/m0/s1. The molecule has 2 heterocycles. The molecule has 0 bridgehead atoms. The van der Waals surface area contributed by atoms with E-state index in [2.05, 4.69) is 46.8 Å². The van der Waals surface area contributed by atoms with Crippen molar-refractivity contribution in [3.8, 4) is 0 Å². The summed E-state index contributed by atoms with van der Waals surface area (Å²) in [6.45, 7) is 0.718. The highest BCUT2D eigenvalue weighted by molar-refractivity contribution is 7.10. The summed E-state index contributed by atoms with van der Waals surface area (Å²) in [4.78, 5) is 5.97. The van der Waals surface area contributed by atoms with Gasteiger partial charge in [-0.1, -0.05) is 36.4 Å². The second-order valence-corrected chi connectivity index (χ2v) is 5.47. The molecule has 1 aromatic heterocycles. The molecule has 0 fully saturated rings. The van der Waals surface area contributed by atoms with E-state index < -0.39 is 0 Å². The average molecular weight is 257 g/mol. The second kappa shape index (κ2) is 5.36. The van der Waals surface area contributed by atoms with Crippen LogP contribution in [-0.4, -0.2) is 18.5 Å². The average Bonchev–Trinajstić information content (AvgIpc) is 3.03.